The van der Waals surface area contributed by atoms with Crippen molar-refractivity contribution in [2.24, 2.45) is 0 Å². The number of hydrogen-bond acceptors (Lipinski definition) is 6. The Morgan fingerprint density at radius 2 is 1.76 bits per heavy atom. The second-order valence-corrected chi connectivity index (χ2v) is 7.61. The van der Waals surface area contributed by atoms with E-state index in [0.717, 1.165) is 10.9 Å². The number of para-hydroxylation sites is 2. The molecule has 3 aromatic carbocycles. The van der Waals surface area contributed by atoms with Gasteiger partial charge in [0.1, 0.15) is 11.1 Å². The van der Waals surface area contributed by atoms with E-state index in [2.05, 4.69) is 10.6 Å². The van der Waals surface area contributed by atoms with Crippen LogP contribution in [0.3, 0.4) is 0 Å². The number of nitro benzene ring substituents is 1. The number of aryl methyl sites for hydroxylation is 1. The van der Waals surface area contributed by atoms with Crippen molar-refractivity contribution in [3.05, 3.63) is 104 Å². The average molecular weight is 459 g/mol. The molecule has 4 aromatic rings. The van der Waals surface area contributed by atoms with E-state index in [0.29, 0.717) is 22.4 Å². The average Bonchev–Trinajstić information content (AvgIpc) is 2.80. The summed E-state index contributed by atoms with van der Waals surface area (Å²) in [6, 6.07) is 19.9. The highest BCUT2D eigenvalue weighted by molar-refractivity contribution is 7.80. The first-order chi connectivity index (χ1) is 15.8. The SMILES string of the molecule is Cc1ccc(-c2cc3ccccc3oc2=O)cc1NC(=S)NC(=O)c1ccccc1[N+](=O)[O-]. The highest BCUT2D eigenvalue weighted by atomic mass is 32.1. The molecule has 0 atom stereocenters. The molecule has 1 amide bonds. The van der Waals surface area contributed by atoms with Gasteiger partial charge in [-0.2, -0.15) is 0 Å². The van der Waals surface area contributed by atoms with Gasteiger partial charge in [0.15, 0.2) is 5.11 Å². The van der Waals surface area contributed by atoms with Crippen molar-refractivity contribution in [2.45, 2.75) is 6.92 Å². The van der Waals surface area contributed by atoms with Gasteiger partial charge in [-0.15, -0.1) is 0 Å². The summed E-state index contributed by atoms with van der Waals surface area (Å²) in [5.41, 5.74) is 1.96. The van der Waals surface area contributed by atoms with Gasteiger partial charge < -0.3 is 9.73 Å². The Bertz CT molecular complexity index is 1480. The van der Waals surface area contributed by atoms with E-state index < -0.39 is 16.5 Å². The van der Waals surface area contributed by atoms with Gasteiger partial charge in [0.25, 0.3) is 11.6 Å². The van der Waals surface area contributed by atoms with Crippen molar-refractivity contribution in [1.29, 1.82) is 0 Å². The summed E-state index contributed by atoms with van der Waals surface area (Å²) in [6.45, 7) is 1.83. The second-order valence-electron chi connectivity index (χ2n) is 7.20. The summed E-state index contributed by atoms with van der Waals surface area (Å²) in [5, 5.41) is 17.3. The Balaban J connectivity index is 1.59. The van der Waals surface area contributed by atoms with Crippen LogP contribution in [-0.2, 0) is 0 Å². The number of carbonyl (C=O) groups excluding carboxylic acids is 1. The number of carbonyl (C=O) groups is 1. The third kappa shape index (κ3) is 4.63. The lowest BCUT2D eigenvalue weighted by Crippen LogP contribution is -2.34. The highest BCUT2D eigenvalue weighted by Gasteiger charge is 2.20. The summed E-state index contributed by atoms with van der Waals surface area (Å²) >= 11 is 5.24. The summed E-state index contributed by atoms with van der Waals surface area (Å²) in [6.07, 6.45) is 0. The molecule has 0 fully saturated rings. The summed E-state index contributed by atoms with van der Waals surface area (Å²) < 4.78 is 5.42. The van der Waals surface area contributed by atoms with Crippen LogP contribution in [0, 0.1) is 17.0 Å². The molecule has 164 valence electrons. The van der Waals surface area contributed by atoms with E-state index in [-0.39, 0.29) is 16.4 Å². The molecule has 0 saturated heterocycles. The predicted octanol–water partition coefficient (Wildman–Crippen LogP) is 4.80. The Hall–Kier alpha value is -4.37. The summed E-state index contributed by atoms with van der Waals surface area (Å²) in [5.74, 6) is -0.705. The predicted molar refractivity (Wildman–Crippen MR) is 129 cm³/mol. The van der Waals surface area contributed by atoms with Crippen molar-refractivity contribution in [1.82, 2.24) is 5.32 Å². The fourth-order valence-electron chi connectivity index (χ4n) is 3.34. The Morgan fingerprint density at radius 3 is 2.55 bits per heavy atom. The number of amides is 1. The second kappa shape index (κ2) is 9.01. The van der Waals surface area contributed by atoms with Crippen LogP contribution in [0.25, 0.3) is 22.1 Å². The van der Waals surface area contributed by atoms with Gasteiger partial charge in [-0.3, -0.25) is 20.2 Å². The molecule has 0 aliphatic rings. The van der Waals surface area contributed by atoms with Gasteiger partial charge in [0, 0.05) is 17.1 Å². The molecule has 9 heteroatoms. The van der Waals surface area contributed by atoms with Crippen LogP contribution in [0.1, 0.15) is 15.9 Å². The minimum atomic E-state index is -0.705. The molecule has 0 spiro atoms. The van der Waals surface area contributed by atoms with E-state index in [4.69, 9.17) is 16.6 Å². The molecular formula is C24H17N3O5S. The lowest BCUT2D eigenvalue weighted by molar-refractivity contribution is -0.385. The molecule has 33 heavy (non-hydrogen) atoms. The Labute approximate surface area is 193 Å². The molecule has 2 N–H and O–H groups in total. The van der Waals surface area contributed by atoms with Gasteiger partial charge in [0.2, 0.25) is 0 Å². The monoisotopic (exact) mass is 459 g/mol. The van der Waals surface area contributed by atoms with Crippen molar-refractivity contribution < 1.29 is 14.1 Å². The normalized spacial score (nSPS) is 10.6. The third-order valence-corrected chi connectivity index (χ3v) is 5.21. The van der Waals surface area contributed by atoms with Crippen molar-refractivity contribution >= 4 is 45.6 Å². The summed E-state index contributed by atoms with van der Waals surface area (Å²) in [7, 11) is 0. The minimum absolute atomic E-state index is 0.0380. The van der Waals surface area contributed by atoms with E-state index in [9.17, 15) is 19.7 Å². The fraction of sp³-hybridized carbons (Fsp3) is 0.0417. The van der Waals surface area contributed by atoms with E-state index in [1.807, 2.05) is 19.1 Å². The topological polar surface area (TPSA) is 114 Å². The number of nitrogens with one attached hydrogen (secondary N) is 2. The first-order valence-electron chi connectivity index (χ1n) is 9.83. The smallest absolute Gasteiger partial charge is 0.344 e. The van der Waals surface area contributed by atoms with Crippen LogP contribution >= 0.6 is 12.2 Å². The number of hydrogen-bond donors (Lipinski definition) is 2. The number of nitro groups is 1. The zero-order chi connectivity index (χ0) is 23.5. The van der Waals surface area contributed by atoms with Gasteiger partial charge in [-0.25, -0.2) is 4.79 Å². The molecule has 0 aliphatic heterocycles. The number of thiocarbonyl (C=S) groups is 1. The summed E-state index contributed by atoms with van der Waals surface area (Å²) in [4.78, 5) is 35.6. The van der Waals surface area contributed by atoms with Gasteiger partial charge in [-0.1, -0.05) is 42.5 Å². The number of rotatable bonds is 4. The molecule has 0 saturated carbocycles. The van der Waals surface area contributed by atoms with Crippen LogP contribution in [0.5, 0.6) is 0 Å². The maximum absolute atomic E-state index is 12.5. The van der Waals surface area contributed by atoms with Crippen LogP contribution in [0.4, 0.5) is 11.4 Å². The highest BCUT2D eigenvalue weighted by Crippen LogP contribution is 2.26. The molecule has 8 nitrogen and oxygen atoms in total. The molecule has 0 aliphatic carbocycles. The van der Waals surface area contributed by atoms with E-state index in [1.54, 1.807) is 36.4 Å². The molecular weight excluding hydrogens is 442 g/mol. The lowest BCUT2D eigenvalue weighted by atomic mass is 10.0. The van der Waals surface area contributed by atoms with Crippen molar-refractivity contribution in [3.8, 4) is 11.1 Å². The maximum atomic E-state index is 12.5. The van der Waals surface area contributed by atoms with Crippen LogP contribution in [-0.4, -0.2) is 15.9 Å². The molecule has 4 rings (SSSR count). The Kier molecular flexibility index (Phi) is 5.97. The number of anilines is 1. The van der Waals surface area contributed by atoms with Crippen LogP contribution < -0.4 is 16.3 Å². The first kappa shape index (κ1) is 21.8. The van der Waals surface area contributed by atoms with Gasteiger partial charge in [0.05, 0.1) is 10.5 Å². The first-order valence-corrected chi connectivity index (χ1v) is 10.2. The molecule has 0 bridgehead atoms. The van der Waals surface area contributed by atoms with Crippen LogP contribution in [0.15, 0.2) is 82.0 Å². The van der Waals surface area contributed by atoms with E-state index in [1.165, 1.54) is 24.3 Å². The van der Waals surface area contributed by atoms with Gasteiger partial charge in [-0.05, 0) is 54.5 Å². The fourth-order valence-corrected chi connectivity index (χ4v) is 3.54. The standard InChI is InChI=1S/C24H17N3O5S/c1-14-10-11-15(18-12-16-6-2-5-9-21(16)32-23(18)29)13-19(14)25-24(33)26-22(28)17-7-3-4-8-20(17)27(30)31/h2-13H,1H3,(H2,25,26,28,33). The molecule has 0 unspecified atom stereocenters. The number of benzene rings is 3. The third-order valence-electron chi connectivity index (χ3n) is 5.01. The molecule has 1 heterocycles. The minimum Gasteiger partial charge on any atom is -0.422 e. The lowest BCUT2D eigenvalue weighted by Gasteiger charge is -2.13. The molecule has 0 radical (unpaired) electrons. The maximum Gasteiger partial charge on any atom is 0.344 e. The number of nitrogens with zero attached hydrogens (tertiary/aromatic N) is 1. The zero-order valence-corrected chi connectivity index (χ0v) is 18.1. The van der Waals surface area contributed by atoms with Crippen LogP contribution in [0.2, 0.25) is 0 Å². The van der Waals surface area contributed by atoms with E-state index >= 15 is 0 Å². The largest absolute Gasteiger partial charge is 0.422 e. The zero-order valence-electron chi connectivity index (χ0n) is 17.3. The van der Waals surface area contributed by atoms with Gasteiger partial charge >= 0.3 is 5.63 Å². The van der Waals surface area contributed by atoms with Crippen molar-refractivity contribution in [3.63, 3.8) is 0 Å². The quantitative estimate of drug-likeness (QED) is 0.195. The Morgan fingerprint density at radius 1 is 1.03 bits per heavy atom. The number of fused-ring (bicyclic) bond motifs is 1. The molecule has 1 aromatic heterocycles. The van der Waals surface area contributed by atoms with Crippen molar-refractivity contribution in [2.75, 3.05) is 5.32 Å².